The lowest BCUT2D eigenvalue weighted by atomic mass is 10.2. The summed E-state index contributed by atoms with van der Waals surface area (Å²) in [5, 5.41) is 16.8. The number of hydrogen-bond acceptors (Lipinski definition) is 4. The summed E-state index contributed by atoms with van der Waals surface area (Å²) in [5.74, 6) is -0.421. The van der Waals surface area contributed by atoms with Crippen LogP contribution in [0.5, 0.6) is 0 Å². The Balaban J connectivity index is 2.24. The molecule has 1 amide bonds. The summed E-state index contributed by atoms with van der Waals surface area (Å²) in [7, 11) is 0. The molecule has 0 aliphatic carbocycles. The van der Waals surface area contributed by atoms with E-state index >= 15 is 0 Å². The fourth-order valence-electron chi connectivity index (χ4n) is 1.52. The highest BCUT2D eigenvalue weighted by Gasteiger charge is 2.12. The monoisotopic (exact) mass is 254 g/mol. The second-order valence-corrected chi connectivity index (χ2v) is 4.04. The summed E-state index contributed by atoms with van der Waals surface area (Å²) in [6.45, 7) is 2.78. The molecule has 0 atom stereocenters. The fraction of sp³-hybridized carbons (Fsp3) is 0.636. The number of carbonyl (C=O) groups excluding carboxylic acids is 1. The first-order valence-corrected chi connectivity index (χ1v) is 6.08. The second-order valence-electron chi connectivity index (χ2n) is 4.04. The van der Waals surface area contributed by atoms with Crippen molar-refractivity contribution in [3.05, 3.63) is 22.4 Å². The van der Waals surface area contributed by atoms with Gasteiger partial charge in [0.2, 0.25) is 5.91 Å². The summed E-state index contributed by atoms with van der Waals surface area (Å²) in [6.07, 6.45) is 5.81. The lowest BCUT2D eigenvalue weighted by molar-refractivity contribution is -0.389. The maximum atomic E-state index is 11.5. The van der Waals surface area contributed by atoms with Gasteiger partial charge in [0.05, 0.1) is 17.4 Å². The third-order valence-electron chi connectivity index (χ3n) is 2.47. The standard InChI is InChI=1S/C11H18N4O3/c1-2-3-4-5-7-12-11(16)9-14-8-6-10(13-14)15(17)18/h6,8H,2-5,7,9H2,1H3,(H,12,16). The van der Waals surface area contributed by atoms with Gasteiger partial charge in [-0.1, -0.05) is 26.2 Å². The van der Waals surface area contributed by atoms with Gasteiger partial charge in [-0.2, -0.15) is 4.68 Å². The predicted molar refractivity (Wildman–Crippen MR) is 66.0 cm³/mol. The summed E-state index contributed by atoms with van der Waals surface area (Å²) in [4.78, 5) is 21.3. The molecular formula is C11H18N4O3. The minimum Gasteiger partial charge on any atom is -0.358 e. The predicted octanol–water partition coefficient (Wildman–Crippen LogP) is 1.49. The number of hydrogen-bond donors (Lipinski definition) is 1. The highest BCUT2D eigenvalue weighted by atomic mass is 16.6. The van der Waals surface area contributed by atoms with E-state index in [1.165, 1.54) is 23.4 Å². The highest BCUT2D eigenvalue weighted by molar-refractivity contribution is 5.75. The van der Waals surface area contributed by atoms with Gasteiger partial charge in [-0.05, 0) is 11.3 Å². The minimum atomic E-state index is -0.584. The molecule has 1 aromatic rings. The van der Waals surface area contributed by atoms with E-state index < -0.39 is 4.92 Å². The Morgan fingerprint density at radius 3 is 2.89 bits per heavy atom. The third-order valence-corrected chi connectivity index (χ3v) is 2.47. The Labute approximate surface area is 105 Å². The van der Waals surface area contributed by atoms with Gasteiger partial charge >= 0.3 is 5.82 Å². The number of unbranched alkanes of at least 4 members (excludes halogenated alkanes) is 3. The molecule has 100 valence electrons. The molecule has 0 aromatic carbocycles. The first-order chi connectivity index (χ1) is 8.63. The van der Waals surface area contributed by atoms with Gasteiger partial charge in [-0.15, -0.1) is 0 Å². The number of amides is 1. The van der Waals surface area contributed by atoms with Crippen molar-refractivity contribution in [2.24, 2.45) is 0 Å². The molecule has 1 aromatic heterocycles. The summed E-state index contributed by atoms with van der Waals surface area (Å²) >= 11 is 0. The highest BCUT2D eigenvalue weighted by Crippen LogP contribution is 2.04. The van der Waals surface area contributed by atoms with Gasteiger partial charge < -0.3 is 15.4 Å². The van der Waals surface area contributed by atoms with Crippen LogP contribution in [0.25, 0.3) is 0 Å². The van der Waals surface area contributed by atoms with Crippen molar-refractivity contribution in [1.82, 2.24) is 15.1 Å². The molecule has 7 nitrogen and oxygen atoms in total. The average molecular weight is 254 g/mol. The maximum Gasteiger partial charge on any atom is 0.389 e. The van der Waals surface area contributed by atoms with E-state index in [0.29, 0.717) is 6.54 Å². The molecule has 0 bridgehead atoms. The molecule has 0 saturated carbocycles. The second kappa shape index (κ2) is 7.41. The van der Waals surface area contributed by atoms with Crippen LogP contribution in [0.1, 0.15) is 32.6 Å². The van der Waals surface area contributed by atoms with Crippen LogP contribution in [0.15, 0.2) is 12.3 Å². The Hall–Kier alpha value is -1.92. The molecule has 0 spiro atoms. The number of nitro groups is 1. The first-order valence-electron chi connectivity index (χ1n) is 6.08. The fourth-order valence-corrected chi connectivity index (χ4v) is 1.52. The van der Waals surface area contributed by atoms with Gasteiger partial charge in [0.15, 0.2) is 0 Å². The van der Waals surface area contributed by atoms with Crippen molar-refractivity contribution in [2.75, 3.05) is 6.54 Å². The number of nitrogens with one attached hydrogen (secondary N) is 1. The van der Waals surface area contributed by atoms with Crippen LogP contribution in [0, 0.1) is 10.1 Å². The first kappa shape index (κ1) is 14.1. The molecule has 1 rings (SSSR count). The van der Waals surface area contributed by atoms with E-state index in [0.717, 1.165) is 19.3 Å². The van der Waals surface area contributed by atoms with Crippen LogP contribution < -0.4 is 5.32 Å². The van der Waals surface area contributed by atoms with E-state index in [-0.39, 0.29) is 18.3 Å². The van der Waals surface area contributed by atoms with Crippen LogP contribution >= 0.6 is 0 Å². The van der Waals surface area contributed by atoms with Gasteiger partial charge in [0, 0.05) is 6.54 Å². The molecular weight excluding hydrogens is 236 g/mol. The quantitative estimate of drug-likeness (QED) is 0.432. The molecule has 0 fully saturated rings. The van der Waals surface area contributed by atoms with Gasteiger partial charge in [-0.3, -0.25) is 4.79 Å². The summed E-state index contributed by atoms with van der Waals surface area (Å²) in [6, 6.07) is 1.27. The zero-order valence-electron chi connectivity index (χ0n) is 10.5. The Kier molecular flexibility index (Phi) is 5.83. The molecule has 0 aliphatic rings. The number of rotatable bonds is 8. The van der Waals surface area contributed by atoms with E-state index in [9.17, 15) is 14.9 Å². The molecule has 18 heavy (non-hydrogen) atoms. The van der Waals surface area contributed by atoms with Gasteiger partial charge in [0.25, 0.3) is 0 Å². The molecule has 0 radical (unpaired) electrons. The molecule has 0 aliphatic heterocycles. The Morgan fingerprint density at radius 1 is 1.50 bits per heavy atom. The van der Waals surface area contributed by atoms with Crippen LogP contribution in [-0.2, 0) is 11.3 Å². The van der Waals surface area contributed by atoms with E-state index in [1.54, 1.807) is 0 Å². The number of nitrogens with zero attached hydrogens (tertiary/aromatic N) is 3. The molecule has 7 heteroatoms. The van der Waals surface area contributed by atoms with E-state index in [1.807, 2.05) is 0 Å². The normalized spacial score (nSPS) is 10.3. The molecule has 1 N–H and O–H groups in total. The molecule has 0 saturated heterocycles. The van der Waals surface area contributed by atoms with Crippen molar-refractivity contribution in [3.8, 4) is 0 Å². The van der Waals surface area contributed by atoms with Gasteiger partial charge in [-0.25, -0.2) is 0 Å². The Bertz CT molecular complexity index is 403. The SMILES string of the molecule is CCCCCCNC(=O)Cn1ccc([N+](=O)[O-])n1. The molecule has 0 unspecified atom stereocenters. The van der Waals surface area contributed by atoms with Crippen molar-refractivity contribution >= 4 is 11.7 Å². The average Bonchev–Trinajstić information content (AvgIpc) is 2.77. The van der Waals surface area contributed by atoms with Crippen molar-refractivity contribution in [2.45, 2.75) is 39.2 Å². The number of carbonyl (C=O) groups is 1. The third kappa shape index (κ3) is 4.94. The minimum absolute atomic E-state index is 0.0155. The topological polar surface area (TPSA) is 90.1 Å². The zero-order valence-corrected chi connectivity index (χ0v) is 10.5. The smallest absolute Gasteiger partial charge is 0.358 e. The maximum absolute atomic E-state index is 11.5. The Morgan fingerprint density at radius 2 is 2.28 bits per heavy atom. The van der Waals surface area contributed by atoms with Crippen molar-refractivity contribution in [1.29, 1.82) is 0 Å². The van der Waals surface area contributed by atoms with Crippen LogP contribution in [0.4, 0.5) is 5.82 Å². The van der Waals surface area contributed by atoms with Crippen LogP contribution in [0.3, 0.4) is 0 Å². The molecule has 1 heterocycles. The van der Waals surface area contributed by atoms with E-state index in [4.69, 9.17) is 0 Å². The zero-order chi connectivity index (χ0) is 13.4. The lowest BCUT2D eigenvalue weighted by Crippen LogP contribution is -2.28. The summed E-state index contributed by atoms with van der Waals surface area (Å²) in [5.41, 5.74) is 0. The van der Waals surface area contributed by atoms with Crippen LogP contribution in [0.2, 0.25) is 0 Å². The van der Waals surface area contributed by atoms with Gasteiger partial charge in [0.1, 0.15) is 6.54 Å². The van der Waals surface area contributed by atoms with Crippen molar-refractivity contribution in [3.63, 3.8) is 0 Å². The lowest BCUT2D eigenvalue weighted by Gasteiger charge is -2.03. The van der Waals surface area contributed by atoms with E-state index in [2.05, 4.69) is 17.3 Å². The van der Waals surface area contributed by atoms with Crippen LogP contribution in [-0.4, -0.2) is 27.2 Å². The largest absolute Gasteiger partial charge is 0.389 e. The van der Waals surface area contributed by atoms with Crippen molar-refractivity contribution < 1.29 is 9.72 Å². The summed E-state index contributed by atoms with van der Waals surface area (Å²) < 4.78 is 1.26. The number of aromatic nitrogens is 2.